The van der Waals surface area contributed by atoms with Gasteiger partial charge in [-0.2, -0.15) is 0 Å². The van der Waals surface area contributed by atoms with E-state index in [1.54, 1.807) is 30.3 Å². The van der Waals surface area contributed by atoms with Gasteiger partial charge in [-0.15, -0.1) is 0 Å². The van der Waals surface area contributed by atoms with Gasteiger partial charge in [0.2, 0.25) is 0 Å². The van der Waals surface area contributed by atoms with Crippen molar-refractivity contribution in [2.24, 2.45) is 0 Å². The maximum atomic E-state index is 13.0. The number of benzene rings is 3. The molecule has 10 nitrogen and oxygen atoms in total. The minimum Gasteiger partial charge on any atom is -0.493 e. The molecule has 10 heteroatoms. The second-order valence-corrected chi connectivity index (χ2v) is 8.60. The standard InChI is InChI=1S/C30H32O10/c1-17(32)18-10-13-23(25(14-18)37-4)40-26(16-31)27(19-11-12-22(35-2)24(15-19)36-3)28-20(29(33)38-5)8-7-9-21(28)30(34)39-6/h7-15,26-27,31H,16H2,1-6H3. The molecule has 3 rings (SSSR count). The predicted octanol–water partition coefficient (Wildman–Crippen LogP) is 4.06. The number of carbonyl (C=O) groups excluding carboxylic acids is 3. The molecule has 0 aromatic heterocycles. The lowest BCUT2D eigenvalue weighted by Crippen LogP contribution is -2.33. The van der Waals surface area contributed by atoms with Gasteiger partial charge in [-0.1, -0.05) is 12.1 Å². The zero-order chi connectivity index (χ0) is 29.4. The zero-order valence-corrected chi connectivity index (χ0v) is 23.2. The third-order valence-electron chi connectivity index (χ3n) is 6.39. The fourth-order valence-electron chi connectivity index (χ4n) is 4.45. The average molecular weight is 553 g/mol. The fraction of sp³-hybridized carbons (Fsp3) is 0.300. The second-order valence-electron chi connectivity index (χ2n) is 8.60. The maximum Gasteiger partial charge on any atom is 0.338 e. The number of methoxy groups -OCH3 is 5. The van der Waals surface area contributed by atoms with Crippen molar-refractivity contribution < 1.29 is 47.9 Å². The Balaban J connectivity index is 2.33. The summed E-state index contributed by atoms with van der Waals surface area (Å²) in [7, 11) is 6.84. The van der Waals surface area contributed by atoms with Gasteiger partial charge in [0.05, 0.1) is 59.2 Å². The monoisotopic (exact) mass is 552 g/mol. The molecule has 0 amide bonds. The molecule has 0 radical (unpaired) electrons. The van der Waals surface area contributed by atoms with E-state index in [0.717, 1.165) is 0 Å². The molecule has 0 saturated heterocycles. The van der Waals surface area contributed by atoms with Crippen molar-refractivity contribution in [1.29, 1.82) is 0 Å². The second kappa shape index (κ2) is 13.5. The molecule has 212 valence electrons. The minimum absolute atomic E-state index is 0.0751. The Hall–Kier alpha value is -4.57. The topological polar surface area (TPSA) is 127 Å². The van der Waals surface area contributed by atoms with Crippen LogP contribution in [0, 0.1) is 0 Å². The Kier molecular flexibility index (Phi) is 10.1. The van der Waals surface area contributed by atoms with Crippen molar-refractivity contribution in [3.63, 3.8) is 0 Å². The molecular formula is C30H32O10. The molecule has 2 atom stereocenters. The largest absolute Gasteiger partial charge is 0.493 e. The van der Waals surface area contributed by atoms with E-state index < -0.39 is 30.6 Å². The molecule has 0 bridgehead atoms. The number of rotatable bonds is 12. The number of Topliss-reactive ketones (excluding diaryl/α,β-unsaturated/α-hetero) is 1. The van der Waals surface area contributed by atoms with Crippen LogP contribution in [0.1, 0.15) is 55.0 Å². The fourth-order valence-corrected chi connectivity index (χ4v) is 4.45. The number of ether oxygens (including phenoxy) is 6. The van der Waals surface area contributed by atoms with Gasteiger partial charge in [-0.25, -0.2) is 9.59 Å². The average Bonchev–Trinajstić information content (AvgIpc) is 2.99. The molecule has 0 aliphatic carbocycles. The lowest BCUT2D eigenvalue weighted by molar-refractivity contribution is 0.0588. The summed E-state index contributed by atoms with van der Waals surface area (Å²) in [5, 5.41) is 10.7. The third kappa shape index (κ3) is 6.18. The van der Waals surface area contributed by atoms with Crippen LogP contribution in [-0.4, -0.2) is 71.1 Å². The van der Waals surface area contributed by atoms with E-state index in [1.807, 2.05) is 0 Å². The van der Waals surface area contributed by atoms with Gasteiger partial charge >= 0.3 is 11.9 Å². The third-order valence-corrected chi connectivity index (χ3v) is 6.39. The van der Waals surface area contributed by atoms with Crippen molar-refractivity contribution in [3.05, 3.63) is 82.4 Å². The van der Waals surface area contributed by atoms with Crippen LogP contribution in [0.5, 0.6) is 23.0 Å². The normalized spacial score (nSPS) is 12.1. The van der Waals surface area contributed by atoms with Gasteiger partial charge < -0.3 is 33.5 Å². The molecule has 0 fully saturated rings. The summed E-state index contributed by atoms with van der Waals surface area (Å²) in [5.74, 6) is -1.20. The summed E-state index contributed by atoms with van der Waals surface area (Å²) >= 11 is 0. The number of hydrogen-bond donors (Lipinski definition) is 1. The van der Waals surface area contributed by atoms with Crippen LogP contribution in [0.15, 0.2) is 54.6 Å². The highest BCUT2D eigenvalue weighted by Gasteiger charge is 2.35. The first-order chi connectivity index (χ1) is 19.2. The van der Waals surface area contributed by atoms with Crippen molar-refractivity contribution in [1.82, 2.24) is 0 Å². The molecule has 0 heterocycles. The molecule has 2 unspecified atom stereocenters. The molecule has 1 N–H and O–H groups in total. The number of esters is 2. The van der Waals surface area contributed by atoms with Crippen LogP contribution in [0.2, 0.25) is 0 Å². The Labute approximate surface area is 232 Å². The van der Waals surface area contributed by atoms with Crippen LogP contribution in [0.4, 0.5) is 0 Å². The van der Waals surface area contributed by atoms with Crippen LogP contribution in [0.3, 0.4) is 0 Å². The van der Waals surface area contributed by atoms with Gasteiger partial charge in [0, 0.05) is 5.56 Å². The molecule has 0 aliphatic rings. The predicted molar refractivity (Wildman–Crippen MR) is 145 cm³/mol. The van der Waals surface area contributed by atoms with E-state index in [9.17, 15) is 19.5 Å². The van der Waals surface area contributed by atoms with Crippen molar-refractivity contribution >= 4 is 17.7 Å². The van der Waals surface area contributed by atoms with Crippen LogP contribution in [-0.2, 0) is 9.47 Å². The number of ketones is 1. The Bertz CT molecular complexity index is 1350. The zero-order valence-electron chi connectivity index (χ0n) is 23.2. The summed E-state index contributed by atoms with van der Waals surface area (Å²) in [5.41, 5.74) is 1.30. The molecule has 0 saturated carbocycles. The van der Waals surface area contributed by atoms with Gasteiger partial charge in [-0.05, 0) is 60.5 Å². The first kappa shape index (κ1) is 30.0. The molecule has 3 aromatic rings. The lowest BCUT2D eigenvalue weighted by Gasteiger charge is -2.30. The van der Waals surface area contributed by atoms with Gasteiger partial charge in [0.15, 0.2) is 28.8 Å². The Morgan fingerprint density at radius 1 is 0.725 bits per heavy atom. The number of aliphatic hydroxyl groups is 1. The highest BCUT2D eigenvalue weighted by atomic mass is 16.5. The summed E-state index contributed by atoms with van der Waals surface area (Å²) in [6.07, 6.45) is -1.08. The number of carbonyl (C=O) groups is 3. The minimum atomic E-state index is -1.08. The van der Waals surface area contributed by atoms with Crippen molar-refractivity contribution in [3.8, 4) is 23.0 Å². The van der Waals surface area contributed by atoms with E-state index in [1.165, 1.54) is 66.7 Å². The summed E-state index contributed by atoms with van der Waals surface area (Å²) in [6, 6.07) is 14.3. The van der Waals surface area contributed by atoms with Gasteiger partial charge in [0.25, 0.3) is 0 Å². The van der Waals surface area contributed by atoms with Crippen LogP contribution >= 0.6 is 0 Å². The molecule has 0 aliphatic heterocycles. The van der Waals surface area contributed by atoms with Crippen LogP contribution < -0.4 is 18.9 Å². The molecule has 3 aromatic carbocycles. The smallest absolute Gasteiger partial charge is 0.338 e. The van der Waals surface area contributed by atoms with Crippen LogP contribution in [0.25, 0.3) is 0 Å². The van der Waals surface area contributed by atoms with E-state index in [-0.39, 0.29) is 34.0 Å². The quantitative estimate of drug-likeness (QED) is 0.260. The maximum absolute atomic E-state index is 13.0. The van der Waals surface area contributed by atoms with Crippen molar-refractivity contribution in [2.75, 3.05) is 42.2 Å². The molecule has 40 heavy (non-hydrogen) atoms. The van der Waals surface area contributed by atoms with Gasteiger partial charge in [0.1, 0.15) is 6.10 Å². The molecule has 0 spiro atoms. The van der Waals surface area contributed by atoms with E-state index in [2.05, 4.69) is 0 Å². The van der Waals surface area contributed by atoms with Crippen molar-refractivity contribution in [2.45, 2.75) is 18.9 Å². The van der Waals surface area contributed by atoms with E-state index in [4.69, 9.17) is 28.4 Å². The summed E-state index contributed by atoms with van der Waals surface area (Å²) < 4.78 is 32.7. The highest BCUT2D eigenvalue weighted by Crippen LogP contribution is 2.40. The first-order valence-electron chi connectivity index (χ1n) is 12.2. The van der Waals surface area contributed by atoms with Gasteiger partial charge in [-0.3, -0.25) is 4.79 Å². The lowest BCUT2D eigenvalue weighted by atomic mass is 9.81. The highest BCUT2D eigenvalue weighted by molar-refractivity contribution is 5.99. The number of aliphatic hydroxyl groups excluding tert-OH is 1. The summed E-state index contributed by atoms with van der Waals surface area (Å²) in [4.78, 5) is 37.8. The Morgan fingerprint density at radius 2 is 1.27 bits per heavy atom. The molecular weight excluding hydrogens is 520 g/mol. The first-order valence-corrected chi connectivity index (χ1v) is 12.2. The Morgan fingerprint density at radius 3 is 1.77 bits per heavy atom. The summed E-state index contributed by atoms with van der Waals surface area (Å²) in [6.45, 7) is 0.879. The number of hydrogen-bond acceptors (Lipinski definition) is 10. The van der Waals surface area contributed by atoms with E-state index in [0.29, 0.717) is 22.6 Å². The SMILES string of the molecule is COC(=O)c1cccc(C(=O)OC)c1C(c1ccc(OC)c(OC)c1)C(CO)Oc1ccc(C(C)=O)cc1OC. The van der Waals surface area contributed by atoms with E-state index >= 15 is 0 Å².